The van der Waals surface area contributed by atoms with Gasteiger partial charge in [-0.05, 0) is 56.1 Å². The lowest BCUT2D eigenvalue weighted by atomic mass is 10.00. The van der Waals surface area contributed by atoms with Gasteiger partial charge >= 0.3 is 0 Å². The number of carbonyl (C=O) groups is 1. The first-order valence-corrected chi connectivity index (χ1v) is 8.71. The summed E-state index contributed by atoms with van der Waals surface area (Å²) in [6.45, 7) is 0.617. The summed E-state index contributed by atoms with van der Waals surface area (Å²) >= 11 is 1.69. The maximum absolute atomic E-state index is 12.2. The number of thiophene rings is 1. The number of aryl methyl sites for hydroxylation is 2. The number of fused-ring (bicyclic) bond motifs is 1. The number of amides is 1. The van der Waals surface area contributed by atoms with Gasteiger partial charge in [0.05, 0.1) is 4.88 Å². The second kappa shape index (κ2) is 7.61. The second-order valence-corrected chi connectivity index (χ2v) is 7.32. The molecule has 1 heterocycles. The van der Waals surface area contributed by atoms with Crippen LogP contribution in [-0.4, -0.2) is 18.5 Å². The molecule has 1 aromatic rings. The molecule has 0 bridgehead atoms. The van der Waals surface area contributed by atoms with Crippen molar-refractivity contribution >= 4 is 29.7 Å². The highest BCUT2D eigenvalue weighted by atomic mass is 35.5. The van der Waals surface area contributed by atoms with E-state index in [1.54, 1.807) is 11.3 Å². The normalized spacial score (nSPS) is 19.7. The lowest BCUT2D eigenvalue weighted by Gasteiger charge is -2.10. The van der Waals surface area contributed by atoms with Crippen molar-refractivity contribution in [3.63, 3.8) is 0 Å². The summed E-state index contributed by atoms with van der Waals surface area (Å²) < 4.78 is 0. The van der Waals surface area contributed by atoms with Crippen LogP contribution in [0.1, 0.15) is 58.6 Å². The van der Waals surface area contributed by atoms with Gasteiger partial charge in [0.15, 0.2) is 0 Å². The van der Waals surface area contributed by atoms with E-state index in [9.17, 15) is 4.79 Å². The van der Waals surface area contributed by atoms with Gasteiger partial charge in [-0.1, -0.05) is 12.8 Å². The zero-order valence-corrected chi connectivity index (χ0v) is 14.0. The first-order chi connectivity index (χ1) is 9.74. The maximum Gasteiger partial charge on any atom is 0.261 e. The molecule has 0 radical (unpaired) electrons. The summed E-state index contributed by atoms with van der Waals surface area (Å²) in [7, 11) is 0. The topological polar surface area (TPSA) is 55.1 Å². The summed E-state index contributed by atoms with van der Waals surface area (Å²) in [5.41, 5.74) is 7.44. The minimum atomic E-state index is 0. The molecule has 0 saturated heterocycles. The van der Waals surface area contributed by atoms with Crippen molar-refractivity contribution in [2.24, 2.45) is 11.7 Å². The SMILES string of the molecule is Cl.NC(CNC(=O)c1cc2c(s1)CCCCCC2)C1CC1. The van der Waals surface area contributed by atoms with Crippen LogP contribution in [0.3, 0.4) is 0 Å². The maximum atomic E-state index is 12.2. The van der Waals surface area contributed by atoms with Crippen LogP contribution in [0.25, 0.3) is 0 Å². The molecule has 3 nitrogen and oxygen atoms in total. The first kappa shape index (κ1) is 16.8. The minimum absolute atomic E-state index is 0. The number of halogens is 1. The lowest BCUT2D eigenvalue weighted by molar-refractivity contribution is 0.0954. The quantitative estimate of drug-likeness (QED) is 0.891. The Labute approximate surface area is 137 Å². The highest BCUT2D eigenvalue weighted by Crippen LogP contribution is 2.31. The van der Waals surface area contributed by atoms with Gasteiger partial charge in [-0.15, -0.1) is 23.7 Å². The lowest BCUT2D eigenvalue weighted by Crippen LogP contribution is -2.38. The Morgan fingerprint density at radius 2 is 2.00 bits per heavy atom. The van der Waals surface area contributed by atoms with Crippen molar-refractivity contribution in [3.05, 3.63) is 21.4 Å². The number of rotatable bonds is 4. The molecule has 3 rings (SSSR count). The summed E-state index contributed by atoms with van der Waals surface area (Å²) in [6.07, 6.45) is 9.92. The fraction of sp³-hybridized carbons (Fsp3) is 0.688. The van der Waals surface area contributed by atoms with Crippen molar-refractivity contribution in [1.29, 1.82) is 0 Å². The van der Waals surface area contributed by atoms with Crippen LogP contribution in [0.15, 0.2) is 6.07 Å². The molecular weight excluding hydrogens is 304 g/mol. The summed E-state index contributed by atoms with van der Waals surface area (Å²) in [6, 6.07) is 2.25. The molecule has 1 aromatic heterocycles. The molecular formula is C16H25ClN2OS. The molecule has 2 aliphatic rings. The molecule has 5 heteroatoms. The molecule has 1 atom stereocenters. The van der Waals surface area contributed by atoms with E-state index in [0.29, 0.717) is 12.5 Å². The summed E-state index contributed by atoms with van der Waals surface area (Å²) in [5.74, 6) is 0.705. The number of nitrogens with one attached hydrogen (secondary N) is 1. The standard InChI is InChI=1S/C16H24N2OS.ClH/c17-13(11-7-8-11)10-18-16(19)15-9-12-5-3-1-2-4-6-14(12)20-15;/h9,11,13H,1-8,10,17H2,(H,18,19);1H. The molecule has 21 heavy (non-hydrogen) atoms. The van der Waals surface area contributed by atoms with Crippen LogP contribution in [-0.2, 0) is 12.8 Å². The van der Waals surface area contributed by atoms with Gasteiger partial charge in [0.1, 0.15) is 0 Å². The van der Waals surface area contributed by atoms with Crippen LogP contribution in [0.4, 0.5) is 0 Å². The van der Waals surface area contributed by atoms with Gasteiger partial charge in [-0.3, -0.25) is 4.79 Å². The van der Waals surface area contributed by atoms with Crippen LogP contribution in [0.2, 0.25) is 0 Å². The highest BCUT2D eigenvalue weighted by Gasteiger charge is 2.28. The van der Waals surface area contributed by atoms with E-state index in [1.165, 1.54) is 49.0 Å². The Bertz CT molecular complexity index is 459. The van der Waals surface area contributed by atoms with E-state index in [2.05, 4.69) is 11.4 Å². The van der Waals surface area contributed by atoms with Crippen molar-refractivity contribution in [2.45, 2.75) is 57.4 Å². The van der Waals surface area contributed by atoms with E-state index < -0.39 is 0 Å². The van der Waals surface area contributed by atoms with E-state index in [0.717, 1.165) is 17.7 Å². The zero-order chi connectivity index (χ0) is 13.9. The number of hydrogen-bond donors (Lipinski definition) is 2. The Morgan fingerprint density at radius 3 is 2.71 bits per heavy atom. The Hall–Kier alpha value is -0.580. The smallest absolute Gasteiger partial charge is 0.261 e. The van der Waals surface area contributed by atoms with Gasteiger partial charge in [0.2, 0.25) is 0 Å². The number of nitrogens with two attached hydrogens (primary N) is 1. The third-order valence-electron chi connectivity index (χ3n) is 4.45. The number of hydrogen-bond acceptors (Lipinski definition) is 3. The van der Waals surface area contributed by atoms with Crippen LogP contribution >= 0.6 is 23.7 Å². The van der Waals surface area contributed by atoms with Crippen molar-refractivity contribution in [3.8, 4) is 0 Å². The molecule has 118 valence electrons. The van der Waals surface area contributed by atoms with E-state index in [4.69, 9.17) is 5.73 Å². The number of carbonyl (C=O) groups excluding carboxylic acids is 1. The van der Waals surface area contributed by atoms with Crippen molar-refractivity contribution in [1.82, 2.24) is 5.32 Å². The fourth-order valence-corrected chi connectivity index (χ4v) is 4.11. The molecule has 2 aliphatic carbocycles. The van der Waals surface area contributed by atoms with E-state index in [-0.39, 0.29) is 24.4 Å². The van der Waals surface area contributed by atoms with Crippen molar-refractivity contribution in [2.75, 3.05) is 6.54 Å². The molecule has 1 unspecified atom stereocenters. The second-order valence-electron chi connectivity index (χ2n) is 6.18. The monoisotopic (exact) mass is 328 g/mol. The van der Waals surface area contributed by atoms with Gasteiger partial charge < -0.3 is 11.1 Å². The highest BCUT2D eigenvalue weighted by molar-refractivity contribution is 7.14. The van der Waals surface area contributed by atoms with E-state index in [1.807, 2.05) is 0 Å². The predicted molar refractivity (Wildman–Crippen MR) is 90.5 cm³/mol. The molecule has 1 saturated carbocycles. The van der Waals surface area contributed by atoms with Crippen LogP contribution in [0.5, 0.6) is 0 Å². The summed E-state index contributed by atoms with van der Waals surface area (Å²) in [4.78, 5) is 14.5. The molecule has 1 amide bonds. The first-order valence-electron chi connectivity index (χ1n) is 7.89. The van der Waals surface area contributed by atoms with Gasteiger partial charge in [-0.2, -0.15) is 0 Å². The van der Waals surface area contributed by atoms with Crippen molar-refractivity contribution < 1.29 is 4.79 Å². The summed E-state index contributed by atoms with van der Waals surface area (Å²) in [5, 5.41) is 3.01. The largest absolute Gasteiger partial charge is 0.350 e. The Balaban J connectivity index is 0.00000161. The van der Waals surface area contributed by atoms with Gasteiger partial charge in [0.25, 0.3) is 5.91 Å². The van der Waals surface area contributed by atoms with Crippen LogP contribution < -0.4 is 11.1 Å². The molecule has 0 aliphatic heterocycles. The minimum Gasteiger partial charge on any atom is -0.350 e. The predicted octanol–water partition coefficient (Wildman–Crippen LogP) is 3.30. The molecule has 3 N–H and O–H groups in total. The van der Waals surface area contributed by atoms with Gasteiger partial charge in [0, 0.05) is 17.5 Å². The van der Waals surface area contributed by atoms with Gasteiger partial charge in [-0.25, -0.2) is 0 Å². The van der Waals surface area contributed by atoms with E-state index >= 15 is 0 Å². The van der Waals surface area contributed by atoms with Crippen LogP contribution in [0, 0.1) is 5.92 Å². The third kappa shape index (κ3) is 4.44. The average Bonchev–Trinajstić information content (AvgIpc) is 3.19. The molecule has 1 fully saturated rings. The third-order valence-corrected chi connectivity index (χ3v) is 5.68. The Morgan fingerprint density at radius 1 is 1.29 bits per heavy atom. The Kier molecular flexibility index (Phi) is 6.08. The average molecular weight is 329 g/mol. The molecule has 0 spiro atoms. The fourth-order valence-electron chi connectivity index (χ4n) is 2.94. The molecule has 0 aromatic carbocycles. The zero-order valence-electron chi connectivity index (χ0n) is 12.4.